The van der Waals surface area contributed by atoms with Crippen LogP contribution < -0.4 is 0 Å². The van der Waals surface area contributed by atoms with Gasteiger partial charge in [-0.05, 0) is 55.9 Å². The van der Waals surface area contributed by atoms with Crippen molar-refractivity contribution in [2.75, 3.05) is 0 Å². The molecule has 0 aromatic rings. The van der Waals surface area contributed by atoms with Crippen molar-refractivity contribution in [1.82, 2.24) is 0 Å². The smallest absolute Gasteiger partial charge is 0.159 e. The monoisotopic (exact) mass is 220 g/mol. The van der Waals surface area contributed by atoms with Crippen LogP contribution in [-0.2, 0) is 4.79 Å². The first kappa shape index (κ1) is 11.9. The molecule has 0 N–H and O–H groups in total. The van der Waals surface area contributed by atoms with Gasteiger partial charge >= 0.3 is 0 Å². The second-order valence-corrected chi connectivity index (χ2v) is 6.38. The van der Waals surface area contributed by atoms with E-state index in [0.717, 1.165) is 18.8 Å². The Balaban J connectivity index is 2.31. The molecular weight excluding hydrogens is 196 g/mol. The summed E-state index contributed by atoms with van der Waals surface area (Å²) in [5, 5.41) is 0. The predicted molar refractivity (Wildman–Crippen MR) is 67.2 cm³/mol. The second-order valence-electron chi connectivity index (χ2n) is 6.38. The molecule has 3 atom stereocenters. The van der Waals surface area contributed by atoms with Crippen LogP contribution in [0.5, 0.6) is 0 Å². The summed E-state index contributed by atoms with van der Waals surface area (Å²) < 4.78 is 0. The van der Waals surface area contributed by atoms with Gasteiger partial charge in [-0.3, -0.25) is 4.79 Å². The molecule has 0 amide bonds. The number of ketones is 1. The molecule has 0 saturated heterocycles. The molecule has 1 saturated carbocycles. The molecule has 0 spiro atoms. The zero-order valence-electron chi connectivity index (χ0n) is 11.0. The van der Waals surface area contributed by atoms with E-state index in [9.17, 15) is 4.79 Å². The average molecular weight is 220 g/mol. The molecule has 16 heavy (non-hydrogen) atoms. The largest absolute Gasteiger partial charge is 0.295 e. The summed E-state index contributed by atoms with van der Waals surface area (Å²) in [5.74, 6) is 2.15. The Morgan fingerprint density at radius 2 is 2.06 bits per heavy atom. The van der Waals surface area contributed by atoms with E-state index in [1.165, 1.54) is 18.4 Å². The van der Waals surface area contributed by atoms with Crippen LogP contribution in [0.4, 0.5) is 0 Å². The second kappa shape index (κ2) is 4.01. The highest BCUT2D eigenvalue weighted by Crippen LogP contribution is 2.55. The highest BCUT2D eigenvalue weighted by molar-refractivity contribution is 5.93. The van der Waals surface area contributed by atoms with Crippen LogP contribution >= 0.6 is 0 Å². The third kappa shape index (κ3) is 1.74. The van der Waals surface area contributed by atoms with E-state index in [4.69, 9.17) is 0 Å². The summed E-state index contributed by atoms with van der Waals surface area (Å²) >= 11 is 0. The van der Waals surface area contributed by atoms with Crippen molar-refractivity contribution in [1.29, 1.82) is 0 Å². The van der Waals surface area contributed by atoms with E-state index in [0.29, 0.717) is 17.6 Å². The summed E-state index contributed by atoms with van der Waals surface area (Å²) in [7, 11) is 0. The normalized spacial score (nSPS) is 39.6. The van der Waals surface area contributed by atoms with Crippen LogP contribution in [-0.4, -0.2) is 5.78 Å². The Morgan fingerprint density at radius 1 is 1.38 bits per heavy atom. The number of allylic oxidation sites excluding steroid dienone is 2. The number of hydrogen-bond acceptors (Lipinski definition) is 1. The highest BCUT2D eigenvalue weighted by Gasteiger charge is 2.50. The minimum atomic E-state index is 0.263. The third-order valence-electron chi connectivity index (χ3n) is 5.00. The molecule has 0 aromatic carbocycles. The van der Waals surface area contributed by atoms with Crippen LogP contribution in [0.25, 0.3) is 0 Å². The Labute approximate surface area is 99.3 Å². The van der Waals surface area contributed by atoms with Gasteiger partial charge in [-0.1, -0.05) is 26.3 Å². The van der Waals surface area contributed by atoms with Crippen molar-refractivity contribution in [2.45, 2.75) is 53.4 Å². The molecule has 0 unspecified atom stereocenters. The molecule has 2 aliphatic rings. The van der Waals surface area contributed by atoms with Crippen molar-refractivity contribution >= 4 is 5.78 Å². The van der Waals surface area contributed by atoms with E-state index in [2.05, 4.69) is 27.7 Å². The SMILES string of the molecule is CC1=CC(=O)[C@H]2CC[C@H](C(C)C)[C@@]2(C)CC1. The minimum absolute atomic E-state index is 0.263. The summed E-state index contributed by atoms with van der Waals surface area (Å²) in [5.41, 5.74) is 1.54. The molecular formula is C15H24O. The molecule has 0 heterocycles. The van der Waals surface area contributed by atoms with Crippen molar-refractivity contribution < 1.29 is 4.79 Å². The molecule has 2 aliphatic carbocycles. The van der Waals surface area contributed by atoms with Crippen LogP contribution in [0.1, 0.15) is 53.4 Å². The Morgan fingerprint density at radius 3 is 2.69 bits per heavy atom. The van der Waals surface area contributed by atoms with Crippen molar-refractivity contribution in [2.24, 2.45) is 23.2 Å². The fourth-order valence-electron chi connectivity index (χ4n) is 4.07. The lowest BCUT2D eigenvalue weighted by atomic mass is 9.66. The topological polar surface area (TPSA) is 17.1 Å². The maximum absolute atomic E-state index is 12.2. The number of hydrogen-bond donors (Lipinski definition) is 0. The van der Waals surface area contributed by atoms with Crippen molar-refractivity contribution in [3.05, 3.63) is 11.6 Å². The van der Waals surface area contributed by atoms with E-state index < -0.39 is 0 Å². The maximum atomic E-state index is 12.2. The summed E-state index contributed by atoms with van der Waals surface area (Å²) in [6, 6.07) is 0. The van der Waals surface area contributed by atoms with Crippen molar-refractivity contribution in [3.63, 3.8) is 0 Å². The standard InChI is InChI=1S/C15H24O/c1-10(2)12-5-6-13-14(16)9-11(3)7-8-15(12,13)4/h9-10,12-13H,5-8H2,1-4H3/t12-,13-,15-/m1/s1. The summed E-state index contributed by atoms with van der Waals surface area (Å²) in [6.45, 7) is 9.09. The summed E-state index contributed by atoms with van der Waals surface area (Å²) in [6.07, 6.45) is 6.59. The van der Waals surface area contributed by atoms with Gasteiger partial charge in [0.1, 0.15) is 0 Å². The molecule has 1 nitrogen and oxygen atoms in total. The van der Waals surface area contributed by atoms with Crippen LogP contribution in [0.3, 0.4) is 0 Å². The third-order valence-corrected chi connectivity index (χ3v) is 5.00. The number of carbonyl (C=O) groups excluding carboxylic acids is 1. The van der Waals surface area contributed by atoms with E-state index >= 15 is 0 Å². The van der Waals surface area contributed by atoms with Gasteiger partial charge in [-0.15, -0.1) is 0 Å². The highest BCUT2D eigenvalue weighted by atomic mass is 16.1. The van der Waals surface area contributed by atoms with Gasteiger partial charge in [0.05, 0.1) is 0 Å². The van der Waals surface area contributed by atoms with Gasteiger partial charge in [0.15, 0.2) is 5.78 Å². The van der Waals surface area contributed by atoms with Crippen molar-refractivity contribution in [3.8, 4) is 0 Å². The van der Waals surface area contributed by atoms with Gasteiger partial charge in [-0.25, -0.2) is 0 Å². The van der Waals surface area contributed by atoms with Crippen LogP contribution in [0.15, 0.2) is 11.6 Å². The molecule has 2 rings (SSSR count). The van der Waals surface area contributed by atoms with E-state index in [1.54, 1.807) is 0 Å². The molecule has 1 fully saturated rings. The molecule has 0 aromatic heterocycles. The first-order valence-electron chi connectivity index (χ1n) is 6.66. The molecule has 0 bridgehead atoms. The molecule has 0 aliphatic heterocycles. The lowest BCUT2D eigenvalue weighted by molar-refractivity contribution is -0.121. The predicted octanol–water partition coefficient (Wildman–Crippen LogP) is 3.98. The molecule has 1 heteroatoms. The zero-order chi connectivity index (χ0) is 11.9. The van der Waals surface area contributed by atoms with E-state index in [-0.39, 0.29) is 5.41 Å². The Hall–Kier alpha value is -0.590. The zero-order valence-corrected chi connectivity index (χ0v) is 11.0. The van der Waals surface area contributed by atoms with Gasteiger partial charge in [0, 0.05) is 5.92 Å². The van der Waals surface area contributed by atoms with Gasteiger partial charge in [0.25, 0.3) is 0 Å². The van der Waals surface area contributed by atoms with Crippen LogP contribution in [0.2, 0.25) is 0 Å². The fraction of sp³-hybridized carbons (Fsp3) is 0.800. The molecule has 0 radical (unpaired) electrons. The fourth-order valence-corrected chi connectivity index (χ4v) is 4.07. The lowest BCUT2D eigenvalue weighted by Crippen LogP contribution is -2.34. The van der Waals surface area contributed by atoms with Crippen LogP contribution in [0, 0.1) is 23.2 Å². The number of carbonyl (C=O) groups is 1. The lowest BCUT2D eigenvalue weighted by Gasteiger charge is -2.37. The first-order valence-corrected chi connectivity index (χ1v) is 6.66. The quantitative estimate of drug-likeness (QED) is 0.653. The maximum Gasteiger partial charge on any atom is 0.159 e. The van der Waals surface area contributed by atoms with Gasteiger partial charge in [0.2, 0.25) is 0 Å². The average Bonchev–Trinajstić information content (AvgIpc) is 2.48. The number of rotatable bonds is 1. The summed E-state index contributed by atoms with van der Waals surface area (Å²) in [4.78, 5) is 12.2. The van der Waals surface area contributed by atoms with Gasteiger partial charge in [-0.2, -0.15) is 0 Å². The Kier molecular flexibility index (Phi) is 2.98. The van der Waals surface area contributed by atoms with Gasteiger partial charge < -0.3 is 0 Å². The Bertz CT molecular complexity index is 326. The molecule has 90 valence electrons. The van der Waals surface area contributed by atoms with E-state index in [1.807, 2.05) is 6.08 Å². The first-order chi connectivity index (χ1) is 7.45. The minimum Gasteiger partial charge on any atom is -0.295 e. The number of fused-ring (bicyclic) bond motifs is 1.